The zero-order valence-electron chi connectivity index (χ0n) is 12.5. The summed E-state index contributed by atoms with van der Waals surface area (Å²) in [4.78, 5) is 13.1. The maximum absolute atomic E-state index is 12.5. The van der Waals surface area contributed by atoms with E-state index in [2.05, 4.69) is 5.32 Å². The van der Waals surface area contributed by atoms with Crippen molar-refractivity contribution in [3.05, 3.63) is 65.2 Å². The summed E-state index contributed by atoms with van der Waals surface area (Å²) in [5.74, 6) is 0.616. The van der Waals surface area contributed by atoms with Gasteiger partial charge in [0, 0.05) is 11.4 Å². The molecule has 0 radical (unpaired) electrons. The molecule has 0 heterocycles. The van der Waals surface area contributed by atoms with Gasteiger partial charge in [-0.3, -0.25) is 4.79 Å². The second kappa shape index (κ2) is 7.55. The van der Waals surface area contributed by atoms with E-state index in [0.29, 0.717) is 11.1 Å². The van der Waals surface area contributed by atoms with Crippen LogP contribution in [-0.4, -0.2) is 11.7 Å². The van der Waals surface area contributed by atoms with Gasteiger partial charge in [0.1, 0.15) is 0 Å². The minimum Gasteiger partial charge on any atom is -0.348 e. The molecule has 2 nitrogen and oxygen atoms in total. The molecule has 0 atom stereocenters. The average molecular weight is 339 g/mol. The molecule has 0 saturated heterocycles. The van der Waals surface area contributed by atoms with Crippen molar-refractivity contribution in [1.82, 2.24) is 5.32 Å². The predicted molar refractivity (Wildman–Crippen MR) is 85.5 cm³/mol. The Bertz CT molecular complexity index is 668. The molecule has 1 N–H and O–H groups in total. The molecule has 0 aliphatic heterocycles. The lowest BCUT2D eigenvalue weighted by atomic mass is 10.1. The highest BCUT2D eigenvalue weighted by Crippen LogP contribution is 2.29. The van der Waals surface area contributed by atoms with E-state index >= 15 is 0 Å². The van der Waals surface area contributed by atoms with Gasteiger partial charge in [-0.2, -0.15) is 13.2 Å². The summed E-state index contributed by atoms with van der Waals surface area (Å²) in [6.45, 7) is 2.18. The van der Waals surface area contributed by atoms with Gasteiger partial charge in [-0.15, -0.1) is 11.8 Å². The predicted octanol–water partition coefficient (Wildman–Crippen LogP) is 4.75. The van der Waals surface area contributed by atoms with Gasteiger partial charge in [0.15, 0.2) is 0 Å². The third-order valence-electron chi connectivity index (χ3n) is 3.17. The van der Waals surface area contributed by atoms with Crippen molar-refractivity contribution in [2.75, 3.05) is 5.75 Å². The molecule has 6 heteroatoms. The van der Waals surface area contributed by atoms with E-state index in [1.807, 2.05) is 19.1 Å². The summed E-state index contributed by atoms with van der Waals surface area (Å²) < 4.78 is 37.5. The van der Waals surface area contributed by atoms with Gasteiger partial charge in [0.25, 0.3) is 5.91 Å². The van der Waals surface area contributed by atoms with E-state index in [9.17, 15) is 18.0 Å². The summed E-state index contributed by atoms with van der Waals surface area (Å²) in [5, 5.41) is 2.74. The highest BCUT2D eigenvalue weighted by Gasteiger charge is 2.29. The summed E-state index contributed by atoms with van der Waals surface area (Å²) in [6.07, 6.45) is -4.35. The number of amides is 1. The first kappa shape index (κ1) is 17.4. The zero-order valence-corrected chi connectivity index (χ0v) is 13.3. The Morgan fingerprint density at radius 1 is 1.09 bits per heavy atom. The molecule has 0 aliphatic rings. The second-order valence-electron chi connectivity index (χ2n) is 4.81. The van der Waals surface area contributed by atoms with Crippen molar-refractivity contribution >= 4 is 17.7 Å². The number of alkyl halides is 3. The molecule has 0 aromatic heterocycles. The van der Waals surface area contributed by atoms with Gasteiger partial charge in [-0.05, 0) is 35.6 Å². The number of rotatable bonds is 5. The molecule has 0 unspecified atom stereocenters. The number of halogens is 3. The van der Waals surface area contributed by atoms with E-state index in [-0.39, 0.29) is 12.5 Å². The number of hydrogen-bond acceptors (Lipinski definition) is 2. The van der Waals surface area contributed by atoms with Gasteiger partial charge >= 0.3 is 6.18 Å². The summed E-state index contributed by atoms with van der Waals surface area (Å²) in [6, 6.07) is 12.0. The number of nitrogens with one attached hydrogen (secondary N) is 1. The van der Waals surface area contributed by atoms with Gasteiger partial charge < -0.3 is 5.32 Å². The second-order valence-corrected chi connectivity index (χ2v) is 6.11. The molecule has 0 bridgehead atoms. The Balaban J connectivity index is 2.02. The van der Waals surface area contributed by atoms with Crippen molar-refractivity contribution in [2.45, 2.75) is 24.5 Å². The number of thioether (sulfide) groups is 1. The normalized spacial score (nSPS) is 11.3. The van der Waals surface area contributed by atoms with E-state index in [1.54, 1.807) is 23.9 Å². The van der Waals surface area contributed by atoms with Gasteiger partial charge in [0.2, 0.25) is 0 Å². The number of hydrogen-bond donors (Lipinski definition) is 1. The average Bonchev–Trinajstić information content (AvgIpc) is 2.53. The van der Waals surface area contributed by atoms with Crippen LogP contribution in [0.3, 0.4) is 0 Å². The molecular formula is C17H16F3NOS. The van der Waals surface area contributed by atoms with Crippen LogP contribution in [0.25, 0.3) is 0 Å². The highest BCUT2D eigenvalue weighted by molar-refractivity contribution is 7.99. The Kier molecular flexibility index (Phi) is 5.71. The van der Waals surface area contributed by atoms with Crippen LogP contribution < -0.4 is 5.32 Å². The third-order valence-corrected chi connectivity index (χ3v) is 4.12. The SMILES string of the molecule is CCSc1ccccc1C(=O)NCc1ccc(C(F)(F)F)cc1. The van der Waals surface area contributed by atoms with E-state index in [4.69, 9.17) is 0 Å². The topological polar surface area (TPSA) is 29.1 Å². The van der Waals surface area contributed by atoms with Gasteiger partial charge in [0.05, 0.1) is 11.1 Å². The van der Waals surface area contributed by atoms with Crippen molar-refractivity contribution in [3.8, 4) is 0 Å². The van der Waals surface area contributed by atoms with Crippen molar-refractivity contribution in [3.63, 3.8) is 0 Å². The van der Waals surface area contributed by atoms with Crippen molar-refractivity contribution in [1.29, 1.82) is 0 Å². The molecular weight excluding hydrogens is 323 g/mol. The Morgan fingerprint density at radius 2 is 1.74 bits per heavy atom. The van der Waals surface area contributed by atoms with E-state index < -0.39 is 11.7 Å². The number of carbonyl (C=O) groups is 1. The summed E-state index contributed by atoms with van der Waals surface area (Å²) in [7, 11) is 0. The first-order valence-corrected chi connectivity index (χ1v) is 8.06. The smallest absolute Gasteiger partial charge is 0.348 e. The zero-order chi connectivity index (χ0) is 16.9. The first-order chi connectivity index (χ1) is 10.9. The summed E-state index contributed by atoms with van der Waals surface area (Å²) >= 11 is 1.57. The molecule has 0 spiro atoms. The van der Waals surface area contributed by atoms with Crippen LogP contribution in [-0.2, 0) is 12.7 Å². The van der Waals surface area contributed by atoms with Gasteiger partial charge in [-0.25, -0.2) is 0 Å². The fraction of sp³-hybridized carbons (Fsp3) is 0.235. The van der Waals surface area contributed by atoms with Crippen molar-refractivity contribution < 1.29 is 18.0 Å². The highest BCUT2D eigenvalue weighted by atomic mass is 32.2. The third kappa shape index (κ3) is 4.76. The fourth-order valence-electron chi connectivity index (χ4n) is 2.02. The molecule has 2 rings (SSSR count). The monoisotopic (exact) mass is 339 g/mol. The quantitative estimate of drug-likeness (QED) is 0.797. The molecule has 0 saturated carbocycles. The fourth-order valence-corrected chi connectivity index (χ4v) is 2.83. The van der Waals surface area contributed by atoms with E-state index in [0.717, 1.165) is 22.8 Å². The first-order valence-electron chi connectivity index (χ1n) is 7.08. The molecule has 1 amide bonds. The standard InChI is InChI=1S/C17H16F3NOS/c1-2-23-15-6-4-3-5-14(15)16(22)21-11-12-7-9-13(10-8-12)17(18,19)20/h3-10H,2,11H2,1H3,(H,21,22). The van der Waals surface area contributed by atoms with Crippen LogP contribution in [0.4, 0.5) is 13.2 Å². The van der Waals surface area contributed by atoms with E-state index in [1.165, 1.54) is 12.1 Å². The lowest BCUT2D eigenvalue weighted by Crippen LogP contribution is -2.23. The summed E-state index contributed by atoms with van der Waals surface area (Å²) in [5.41, 5.74) is 0.496. The molecule has 2 aromatic carbocycles. The number of carbonyl (C=O) groups excluding carboxylic acids is 1. The molecule has 0 aliphatic carbocycles. The minimum absolute atomic E-state index is 0.183. The van der Waals surface area contributed by atoms with Crippen LogP contribution in [0.1, 0.15) is 28.4 Å². The number of benzene rings is 2. The molecule has 2 aromatic rings. The van der Waals surface area contributed by atoms with Crippen LogP contribution in [0.15, 0.2) is 53.4 Å². The minimum atomic E-state index is -4.35. The van der Waals surface area contributed by atoms with Crippen LogP contribution in [0, 0.1) is 0 Å². The molecule has 122 valence electrons. The Morgan fingerprint density at radius 3 is 2.35 bits per heavy atom. The van der Waals surface area contributed by atoms with Gasteiger partial charge in [-0.1, -0.05) is 31.2 Å². The van der Waals surface area contributed by atoms with Crippen LogP contribution >= 0.6 is 11.8 Å². The lowest BCUT2D eigenvalue weighted by Gasteiger charge is -2.10. The maximum atomic E-state index is 12.5. The van der Waals surface area contributed by atoms with Crippen molar-refractivity contribution in [2.24, 2.45) is 0 Å². The molecule has 0 fully saturated rings. The van der Waals surface area contributed by atoms with Crippen LogP contribution in [0.2, 0.25) is 0 Å². The Labute approximate surface area is 137 Å². The Hall–Kier alpha value is -1.95. The largest absolute Gasteiger partial charge is 0.416 e. The maximum Gasteiger partial charge on any atom is 0.416 e. The van der Waals surface area contributed by atoms with Crippen LogP contribution in [0.5, 0.6) is 0 Å². The lowest BCUT2D eigenvalue weighted by molar-refractivity contribution is -0.137. The molecule has 23 heavy (non-hydrogen) atoms.